The number of nitrogens with zero attached hydrogens (tertiary/aromatic N) is 2. The molecule has 0 saturated carbocycles. The first-order chi connectivity index (χ1) is 10.7. The molecule has 1 heterocycles. The number of ether oxygens (including phenoxy) is 1. The van der Waals surface area contributed by atoms with E-state index >= 15 is 0 Å². The molecule has 0 spiro atoms. The summed E-state index contributed by atoms with van der Waals surface area (Å²) in [4.78, 5) is 20.6. The summed E-state index contributed by atoms with van der Waals surface area (Å²) in [5.74, 6) is 0.537. The Morgan fingerprint density at radius 1 is 1.14 bits per heavy atom. The molecule has 0 aliphatic rings. The van der Waals surface area contributed by atoms with Gasteiger partial charge < -0.3 is 10.1 Å². The minimum atomic E-state index is -0.340. The van der Waals surface area contributed by atoms with Crippen molar-refractivity contribution >= 4 is 22.5 Å². The van der Waals surface area contributed by atoms with Gasteiger partial charge in [-0.15, -0.1) is 0 Å². The van der Waals surface area contributed by atoms with Crippen LogP contribution in [0.15, 0.2) is 48.7 Å². The second-order valence-electron chi connectivity index (χ2n) is 4.94. The second kappa shape index (κ2) is 5.81. The molecular formula is C17H15N3O2. The molecular weight excluding hydrogens is 278 g/mol. The molecule has 5 heteroatoms. The third-order valence-corrected chi connectivity index (χ3v) is 3.29. The number of hydrogen-bond donors (Lipinski definition) is 1. The SMILES string of the molecule is COc1ccc(NC(=O)c2ncc3cc(C)ccc3n2)cc1. The predicted molar refractivity (Wildman–Crippen MR) is 85.2 cm³/mol. The highest BCUT2D eigenvalue weighted by molar-refractivity contribution is 6.02. The van der Waals surface area contributed by atoms with E-state index in [-0.39, 0.29) is 11.7 Å². The molecule has 1 N–H and O–H groups in total. The van der Waals surface area contributed by atoms with Crippen LogP contribution in [0.3, 0.4) is 0 Å². The molecule has 22 heavy (non-hydrogen) atoms. The van der Waals surface area contributed by atoms with E-state index in [9.17, 15) is 4.79 Å². The van der Waals surface area contributed by atoms with Gasteiger partial charge in [-0.2, -0.15) is 0 Å². The third-order valence-electron chi connectivity index (χ3n) is 3.29. The average Bonchev–Trinajstić information content (AvgIpc) is 2.55. The van der Waals surface area contributed by atoms with Gasteiger partial charge in [0.1, 0.15) is 5.75 Å². The van der Waals surface area contributed by atoms with Gasteiger partial charge in [0.25, 0.3) is 5.91 Å². The van der Waals surface area contributed by atoms with Crippen LogP contribution < -0.4 is 10.1 Å². The number of carbonyl (C=O) groups excluding carboxylic acids is 1. The molecule has 2 aromatic carbocycles. The molecule has 3 aromatic rings. The molecule has 110 valence electrons. The van der Waals surface area contributed by atoms with E-state index in [1.165, 1.54) is 0 Å². The van der Waals surface area contributed by atoms with Crippen molar-refractivity contribution in [3.63, 3.8) is 0 Å². The van der Waals surface area contributed by atoms with E-state index in [0.29, 0.717) is 5.69 Å². The van der Waals surface area contributed by atoms with Gasteiger partial charge in [-0.25, -0.2) is 9.97 Å². The zero-order valence-electron chi connectivity index (χ0n) is 12.3. The van der Waals surface area contributed by atoms with E-state index in [1.54, 1.807) is 37.6 Å². The van der Waals surface area contributed by atoms with Gasteiger partial charge in [0, 0.05) is 17.3 Å². The fraction of sp³-hybridized carbons (Fsp3) is 0.118. The summed E-state index contributed by atoms with van der Waals surface area (Å²) in [7, 11) is 1.60. The topological polar surface area (TPSA) is 64.1 Å². The van der Waals surface area contributed by atoms with Crippen molar-refractivity contribution < 1.29 is 9.53 Å². The number of fused-ring (bicyclic) bond motifs is 1. The lowest BCUT2D eigenvalue weighted by molar-refractivity contribution is 0.101. The highest BCUT2D eigenvalue weighted by Gasteiger charge is 2.10. The van der Waals surface area contributed by atoms with Crippen LogP contribution in [-0.4, -0.2) is 23.0 Å². The zero-order valence-corrected chi connectivity index (χ0v) is 12.3. The van der Waals surface area contributed by atoms with Crippen LogP contribution in [0.5, 0.6) is 5.75 Å². The predicted octanol–water partition coefficient (Wildman–Crippen LogP) is 3.20. The van der Waals surface area contributed by atoms with Gasteiger partial charge in [-0.05, 0) is 43.3 Å². The second-order valence-corrected chi connectivity index (χ2v) is 4.94. The number of amides is 1. The smallest absolute Gasteiger partial charge is 0.293 e. The molecule has 0 atom stereocenters. The number of aryl methyl sites for hydroxylation is 1. The Bertz CT molecular complexity index is 829. The van der Waals surface area contributed by atoms with Crippen molar-refractivity contribution in [1.29, 1.82) is 0 Å². The number of hydrogen-bond acceptors (Lipinski definition) is 4. The lowest BCUT2D eigenvalue weighted by Gasteiger charge is -2.06. The quantitative estimate of drug-likeness (QED) is 0.805. The first kappa shape index (κ1) is 14.0. The summed E-state index contributed by atoms with van der Waals surface area (Å²) in [6, 6.07) is 12.9. The van der Waals surface area contributed by atoms with E-state index in [4.69, 9.17) is 4.74 Å². The highest BCUT2D eigenvalue weighted by Crippen LogP contribution is 2.16. The van der Waals surface area contributed by atoms with Gasteiger partial charge in [-0.3, -0.25) is 4.79 Å². The molecule has 1 aromatic heterocycles. The van der Waals surface area contributed by atoms with Crippen molar-refractivity contribution in [2.24, 2.45) is 0 Å². The van der Waals surface area contributed by atoms with Crippen LogP contribution in [0.1, 0.15) is 16.2 Å². The average molecular weight is 293 g/mol. The van der Waals surface area contributed by atoms with Crippen LogP contribution in [0, 0.1) is 6.92 Å². The first-order valence-corrected chi connectivity index (χ1v) is 6.84. The standard InChI is InChI=1S/C17H15N3O2/c1-11-3-8-15-12(9-11)10-18-16(20-15)17(21)19-13-4-6-14(22-2)7-5-13/h3-10H,1-2H3,(H,19,21). The molecule has 0 bridgehead atoms. The van der Waals surface area contributed by atoms with Crippen molar-refractivity contribution in [3.05, 3.63) is 60.0 Å². The van der Waals surface area contributed by atoms with Crippen LogP contribution in [0.2, 0.25) is 0 Å². The maximum Gasteiger partial charge on any atom is 0.293 e. The summed E-state index contributed by atoms with van der Waals surface area (Å²) in [6.07, 6.45) is 1.66. The van der Waals surface area contributed by atoms with Gasteiger partial charge in [0.15, 0.2) is 0 Å². The van der Waals surface area contributed by atoms with Crippen LogP contribution in [-0.2, 0) is 0 Å². The number of benzene rings is 2. The van der Waals surface area contributed by atoms with E-state index in [1.807, 2.05) is 25.1 Å². The van der Waals surface area contributed by atoms with Gasteiger partial charge in [-0.1, -0.05) is 11.6 Å². The molecule has 1 amide bonds. The molecule has 3 rings (SSSR count). The van der Waals surface area contributed by atoms with E-state index in [0.717, 1.165) is 22.2 Å². The fourth-order valence-electron chi connectivity index (χ4n) is 2.12. The van der Waals surface area contributed by atoms with Crippen molar-refractivity contribution in [1.82, 2.24) is 9.97 Å². The molecule has 0 saturated heterocycles. The Balaban J connectivity index is 1.83. The number of rotatable bonds is 3. The Labute approximate surface area is 128 Å². The molecule has 5 nitrogen and oxygen atoms in total. The molecule has 0 aliphatic heterocycles. The Hall–Kier alpha value is -2.95. The number of methoxy groups -OCH3 is 1. The Morgan fingerprint density at radius 3 is 2.64 bits per heavy atom. The van der Waals surface area contributed by atoms with E-state index < -0.39 is 0 Å². The molecule has 0 fully saturated rings. The largest absolute Gasteiger partial charge is 0.497 e. The molecule has 0 unspecified atom stereocenters. The Morgan fingerprint density at radius 2 is 1.91 bits per heavy atom. The van der Waals surface area contributed by atoms with E-state index in [2.05, 4.69) is 15.3 Å². The highest BCUT2D eigenvalue weighted by atomic mass is 16.5. The molecule has 0 radical (unpaired) electrons. The van der Waals surface area contributed by atoms with Crippen molar-refractivity contribution in [2.75, 3.05) is 12.4 Å². The van der Waals surface area contributed by atoms with Crippen molar-refractivity contribution in [2.45, 2.75) is 6.92 Å². The minimum Gasteiger partial charge on any atom is -0.497 e. The number of carbonyl (C=O) groups is 1. The normalized spacial score (nSPS) is 10.5. The third kappa shape index (κ3) is 2.88. The number of anilines is 1. The number of aromatic nitrogens is 2. The lowest BCUT2D eigenvalue weighted by atomic mass is 10.2. The summed E-state index contributed by atoms with van der Waals surface area (Å²) in [5, 5.41) is 3.68. The summed E-state index contributed by atoms with van der Waals surface area (Å²) in [6.45, 7) is 2.00. The summed E-state index contributed by atoms with van der Waals surface area (Å²) in [5.41, 5.74) is 2.55. The van der Waals surface area contributed by atoms with Gasteiger partial charge in [0.05, 0.1) is 12.6 Å². The Kier molecular flexibility index (Phi) is 3.70. The minimum absolute atomic E-state index is 0.146. The monoisotopic (exact) mass is 293 g/mol. The van der Waals surface area contributed by atoms with Crippen LogP contribution in [0.25, 0.3) is 10.9 Å². The fourth-order valence-corrected chi connectivity index (χ4v) is 2.12. The number of nitrogens with one attached hydrogen (secondary N) is 1. The summed E-state index contributed by atoms with van der Waals surface area (Å²) >= 11 is 0. The maximum absolute atomic E-state index is 12.2. The summed E-state index contributed by atoms with van der Waals surface area (Å²) < 4.78 is 5.08. The van der Waals surface area contributed by atoms with Gasteiger partial charge >= 0.3 is 0 Å². The maximum atomic E-state index is 12.2. The van der Waals surface area contributed by atoms with Crippen LogP contribution in [0.4, 0.5) is 5.69 Å². The van der Waals surface area contributed by atoms with Crippen molar-refractivity contribution in [3.8, 4) is 5.75 Å². The lowest BCUT2D eigenvalue weighted by Crippen LogP contribution is -2.15. The van der Waals surface area contributed by atoms with Gasteiger partial charge in [0.2, 0.25) is 5.82 Å². The first-order valence-electron chi connectivity index (χ1n) is 6.84. The molecule has 0 aliphatic carbocycles. The van der Waals surface area contributed by atoms with Crippen LogP contribution >= 0.6 is 0 Å². The zero-order chi connectivity index (χ0) is 15.5.